The van der Waals surface area contributed by atoms with Gasteiger partial charge in [-0.1, -0.05) is 18.0 Å². The Kier molecular flexibility index (Phi) is 4.62. The Morgan fingerprint density at radius 2 is 1.26 bits per heavy atom. The second kappa shape index (κ2) is 6.87. The average molecular weight is 379 g/mol. The molecule has 0 aromatic heterocycles. The Bertz CT molecular complexity index is 612. The molecule has 3 aliphatic carbocycles. The van der Waals surface area contributed by atoms with E-state index in [1.54, 1.807) is 7.11 Å². The number of rotatable bonds is 2. The lowest BCUT2D eigenvalue weighted by Gasteiger charge is -2.40. The van der Waals surface area contributed by atoms with Gasteiger partial charge >= 0.3 is 0 Å². The van der Waals surface area contributed by atoms with Crippen molar-refractivity contribution in [3.05, 3.63) is 10.4 Å². The van der Waals surface area contributed by atoms with Gasteiger partial charge in [0, 0.05) is 37.7 Å². The summed E-state index contributed by atoms with van der Waals surface area (Å²) in [5.41, 5.74) is 9.17. The molecule has 2 spiro atoms. The fourth-order valence-electron chi connectivity index (χ4n) is 5.84. The number of fused-ring (bicyclic) bond motifs is 3. The molecule has 2 saturated heterocycles. The quantitative estimate of drug-likeness (QED) is 0.415. The van der Waals surface area contributed by atoms with Crippen LogP contribution in [0, 0.1) is 0 Å². The van der Waals surface area contributed by atoms with Crippen LogP contribution >= 0.6 is 0 Å². The van der Waals surface area contributed by atoms with Crippen molar-refractivity contribution in [1.29, 1.82) is 0 Å². The van der Waals surface area contributed by atoms with Crippen LogP contribution in [0.3, 0.4) is 0 Å². The molecule has 3 saturated carbocycles. The molecule has 5 aliphatic rings. The summed E-state index contributed by atoms with van der Waals surface area (Å²) in [6.45, 7) is 0. The smallest absolute Gasteiger partial charge is 0.169 e. The molecule has 150 valence electrons. The molecule has 0 unspecified atom stereocenters. The van der Waals surface area contributed by atoms with Crippen LogP contribution < -0.4 is 0 Å². The van der Waals surface area contributed by atoms with Crippen LogP contribution in [-0.4, -0.2) is 55.2 Å². The lowest BCUT2D eigenvalue weighted by molar-refractivity contribution is -0.221. The van der Waals surface area contributed by atoms with E-state index < -0.39 is 23.7 Å². The van der Waals surface area contributed by atoms with Gasteiger partial charge in [-0.05, 0) is 31.2 Å². The number of ether oxygens (including phenoxy) is 5. The number of nitrogens with zero attached hydrogens (tertiary/aromatic N) is 3. The highest BCUT2D eigenvalue weighted by Crippen LogP contribution is 2.52. The normalized spacial score (nSPS) is 44.6. The molecule has 0 bridgehead atoms. The van der Waals surface area contributed by atoms with Gasteiger partial charge in [-0.2, -0.15) is 0 Å². The molecule has 0 amide bonds. The highest BCUT2D eigenvalue weighted by atomic mass is 16.8. The fourth-order valence-corrected chi connectivity index (χ4v) is 5.84. The molecule has 2 aliphatic heterocycles. The van der Waals surface area contributed by atoms with Crippen LogP contribution in [0.4, 0.5) is 0 Å². The summed E-state index contributed by atoms with van der Waals surface area (Å²) < 4.78 is 31.9. The van der Waals surface area contributed by atoms with Gasteiger partial charge in [0.1, 0.15) is 24.4 Å². The first kappa shape index (κ1) is 18.2. The van der Waals surface area contributed by atoms with Crippen molar-refractivity contribution in [2.45, 2.75) is 112 Å². The van der Waals surface area contributed by atoms with Crippen molar-refractivity contribution >= 4 is 0 Å². The second-order valence-electron chi connectivity index (χ2n) is 8.67. The van der Waals surface area contributed by atoms with Crippen LogP contribution in [0.1, 0.15) is 64.2 Å². The lowest BCUT2D eigenvalue weighted by Crippen LogP contribution is -2.61. The SMILES string of the molecule is CO[C@@H]1[C@@H](N=[N+]=[N-])[C@H]2OC3(CCCCC3)O[C@H]2[C@@H]2OC3(CCCCC3)O[C@H]21. The van der Waals surface area contributed by atoms with Crippen molar-refractivity contribution in [2.24, 2.45) is 5.11 Å². The van der Waals surface area contributed by atoms with Gasteiger partial charge in [0.15, 0.2) is 11.6 Å². The number of azide groups is 1. The maximum absolute atomic E-state index is 9.17. The van der Waals surface area contributed by atoms with Crippen molar-refractivity contribution in [2.75, 3.05) is 7.11 Å². The zero-order valence-electron chi connectivity index (χ0n) is 15.9. The Hall–Kier alpha value is -0.890. The van der Waals surface area contributed by atoms with Gasteiger partial charge in [-0.25, -0.2) is 0 Å². The molecule has 2 heterocycles. The van der Waals surface area contributed by atoms with Gasteiger partial charge in [-0.3, -0.25) is 0 Å². The molecular weight excluding hydrogens is 350 g/mol. The molecule has 0 N–H and O–H groups in total. The van der Waals surface area contributed by atoms with E-state index in [4.69, 9.17) is 23.7 Å². The van der Waals surface area contributed by atoms with E-state index >= 15 is 0 Å². The monoisotopic (exact) mass is 379 g/mol. The summed E-state index contributed by atoms with van der Waals surface area (Å²) in [4.78, 5) is 3.08. The Morgan fingerprint density at radius 3 is 1.78 bits per heavy atom. The Morgan fingerprint density at radius 1 is 0.778 bits per heavy atom. The molecule has 5 rings (SSSR count). The summed E-state index contributed by atoms with van der Waals surface area (Å²) >= 11 is 0. The summed E-state index contributed by atoms with van der Waals surface area (Å²) in [7, 11) is 1.64. The van der Waals surface area contributed by atoms with E-state index in [0.29, 0.717) is 0 Å². The first-order valence-corrected chi connectivity index (χ1v) is 10.5. The van der Waals surface area contributed by atoms with Crippen molar-refractivity contribution in [3.8, 4) is 0 Å². The second-order valence-corrected chi connectivity index (χ2v) is 8.67. The van der Waals surface area contributed by atoms with Crippen molar-refractivity contribution < 1.29 is 23.7 Å². The third-order valence-corrected chi connectivity index (χ3v) is 7.06. The first-order valence-electron chi connectivity index (χ1n) is 10.5. The van der Waals surface area contributed by atoms with E-state index in [-0.39, 0.29) is 24.4 Å². The summed E-state index contributed by atoms with van der Waals surface area (Å²) in [6.07, 6.45) is 8.79. The zero-order chi connectivity index (χ0) is 18.5. The predicted octanol–water partition coefficient (Wildman–Crippen LogP) is 3.58. The Balaban J connectivity index is 1.48. The average Bonchev–Trinajstić information content (AvgIpc) is 3.22. The van der Waals surface area contributed by atoms with Gasteiger partial charge in [0.2, 0.25) is 0 Å². The van der Waals surface area contributed by atoms with E-state index in [0.717, 1.165) is 51.4 Å². The topological polar surface area (TPSA) is 94.9 Å². The van der Waals surface area contributed by atoms with Gasteiger partial charge in [0.25, 0.3) is 0 Å². The van der Waals surface area contributed by atoms with Crippen LogP contribution in [0.25, 0.3) is 10.4 Å². The number of hydrogen-bond acceptors (Lipinski definition) is 6. The molecule has 0 aromatic carbocycles. The highest BCUT2D eigenvalue weighted by molar-refractivity contribution is 5.12. The number of methoxy groups -OCH3 is 1. The van der Waals surface area contributed by atoms with E-state index in [2.05, 4.69) is 10.0 Å². The molecule has 8 nitrogen and oxygen atoms in total. The van der Waals surface area contributed by atoms with E-state index in [9.17, 15) is 5.53 Å². The summed E-state index contributed by atoms with van der Waals surface area (Å²) in [6, 6.07) is -0.477. The van der Waals surface area contributed by atoms with Gasteiger partial charge in [-0.15, -0.1) is 0 Å². The van der Waals surface area contributed by atoms with Crippen molar-refractivity contribution in [1.82, 2.24) is 0 Å². The van der Waals surface area contributed by atoms with Crippen LogP contribution in [0.5, 0.6) is 0 Å². The third-order valence-electron chi connectivity index (χ3n) is 7.06. The molecule has 6 atom stereocenters. The lowest BCUT2D eigenvalue weighted by atomic mass is 9.83. The molecule has 8 heteroatoms. The molecule has 0 aromatic rings. The minimum atomic E-state index is -0.574. The van der Waals surface area contributed by atoms with Crippen LogP contribution in [0.15, 0.2) is 5.11 Å². The largest absolute Gasteiger partial charge is 0.378 e. The highest BCUT2D eigenvalue weighted by Gasteiger charge is 2.66. The van der Waals surface area contributed by atoms with Crippen LogP contribution in [0.2, 0.25) is 0 Å². The summed E-state index contributed by atoms with van der Waals surface area (Å²) in [5.74, 6) is -1.12. The van der Waals surface area contributed by atoms with E-state index in [1.165, 1.54) is 12.8 Å². The molecular formula is C19H29N3O5. The van der Waals surface area contributed by atoms with Gasteiger partial charge in [0.05, 0.1) is 12.1 Å². The zero-order valence-corrected chi connectivity index (χ0v) is 15.9. The first-order chi connectivity index (χ1) is 13.2. The predicted molar refractivity (Wildman–Crippen MR) is 94.9 cm³/mol. The molecule has 0 radical (unpaired) electrons. The maximum Gasteiger partial charge on any atom is 0.169 e. The third kappa shape index (κ3) is 2.89. The minimum Gasteiger partial charge on any atom is -0.378 e. The minimum absolute atomic E-state index is 0.246. The fraction of sp³-hybridized carbons (Fsp3) is 1.00. The van der Waals surface area contributed by atoms with Crippen molar-refractivity contribution in [3.63, 3.8) is 0 Å². The molecule has 27 heavy (non-hydrogen) atoms. The van der Waals surface area contributed by atoms with Crippen LogP contribution in [-0.2, 0) is 23.7 Å². The molecule has 5 fully saturated rings. The maximum atomic E-state index is 9.17. The van der Waals surface area contributed by atoms with E-state index in [1.807, 2.05) is 0 Å². The van der Waals surface area contributed by atoms with Gasteiger partial charge < -0.3 is 23.7 Å². The Labute approximate surface area is 159 Å². The summed E-state index contributed by atoms with van der Waals surface area (Å²) in [5, 5.41) is 4.07. The number of hydrogen-bond donors (Lipinski definition) is 0. The standard InChI is InChI=1S/C19H29N3O5/c1-23-13-12(21-22-20)14-16(26-18(24-14)8-4-2-5-9-18)17-15(13)25-19(27-17)10-6-3-7-11-19/h12-17H,2-11H2,1H3/t12-,13-,14-,15+,16-,17-/m1/s1.